The summed E-state index contributed by atoms with van der Waals surface area (Å²) in [6.07, 6.45) is 9.08. The molecular formula is C26H43N3O3. The number of piperidine rings is 1. The Balaban J connectivity index is 1.26. The van der Waals surface area contributed by atoms with Gasteiger partial charge in [0.05, 0.1) is 19.8 Å². The summed E-state index contributed by atoms with van der Waals surface area (Å²) >= 11 is 0. The highest BCUT2D eigenvalue weighted by atomic mass is 16.5. The molecular weight excluding hydrogens is 402 g/mol. The number of ether oxygens (including phenoxy) is 1. The number of fused-ring (bicyclic) bond motifs is 1. The Morgan fingerprint density at radius 3 is 2.53 bits per heavy atom. The van der Waals surface area contributed by atoms with Crippen molar-refractivity contribution in [2.45, 2.75) is 77.3 Å². The zero-order valence-electron chi connectivity index (χ0n) is 20.2. The van der Waals surface area contributed by atoms with Crippen LogP contribution in [0, 0.1) is 29.1 Å². The van der Waals surface area contributed by atoms with Gasteiger partial charge in [-0.15, -0.1) is 0 Å². The van der Waals surface area contributed by atoms with Crippen molar-refractivity contribution in [1.29, 1.82) is 0 Å². The van der Waals surface area contributed by atoms with Gasteiger partial charge >= 0.3 is 0 Å². The number of Topliss-reactive ketones (excluding diaryl/α,β-unsaturated/α-hetero) is 1. The number of hydrogen-bond acceptors (Lipinski definition) is 5. The molecule has 2 aliphatic heterocycles. The molecule has 3 aliphatic carbocycles. The molecule has 5 unspecified atom stereocenters. The quantitative estimate of drug-likeness (QED) is 0.681. The predicted octanol–water partition coefficient (Wildman–Crippen LogP) is 2.71. The van der Waals surface area contributed by atoms with E-state index in [4.69, 9.17) is 4.74 Å². The molecule has 1 N–H and O–H groups in total. The fourth-order valence-electron chi connectivity index (χ4n) is 7.31. The van der Waals surface area contributed by atoms with Gasteiger partial charge in [0.2, 0.25) is 5.91 Å². The summed E-state index contributed by atoms with van der Waals surface area (Å²) in [6.45, 7) is 10.8. The number of carbonyl (C=O) groups excluding carboxylic acids is 2. The Morgan fingerprint density at radius 2 is 1.81 bits per heavy atom. The first-order chi connectivity index (χ1) is 15.4. The van der Waals surface area contributed by atoms with Gasteiger partial charge in [0.15, 0.2) is 0 Å². The molecule has 5 rings (SSSR count). The number of amides is 1. The van der Waals surface area contributed by atoms with Gasteiger partial charge in [-0.1, -0.05) is 13.8 Å². The first-order valence-corrected chi connectivity index (χ1v) is 13.3. The number of carbonyl (C=O) groups is 2. The first kappa shape index (κ1) is 22.8. The van der Waals surface area contributed by atoms with Gasteiger partial charge in [0, 0.05) is 43.6 Å². The van der Waals surface area contributed by atoms with Gasteiger partial charge < -0.3 is 10.1 Å². The molecule has 180 valence electrons. The highest BCUT2D eigenvalue weighted by molar-refractivity contribution is 5.87. The van der Waals surface area contributed by atoms with Crippen molar-refractivity contribution in [2.24, 2.45) is 29.1 Å². The summed E-state index contributed by atoms with van der Waals surface area (Å²) in [4.78, 5) is 31.3. The van der Waals surface area contributed by atoms with Gasteiger partial charge in [0.25, 0.3) is 0 Å². The normalized spacial score (nSPS) is 38.2. The van der Waals surface area contributed by atoms with Crippen molar-refractivity contribution < 1.29 is 14.3 Å². The second kappa shape index (κ2) is 9.34. The van der Waals surface area contributed by atoms with Gasteiger partial charge in [-0.25, -0.2) is 0 Å². The third-order valence-corrected chi connectivity index (χ3v) is 9.05. The minimum atomic E-state index is 0.0437. The topological polar surface area (TPSA) is 61.9 Å². The van der Waals surface area contributed by atoms with Gasteiger partial charge in [-0.05, 0) is 75.2 Å². The Labute approximate surface area is 193 Å². The smallest absolute Gasteiger partial charge is 0.234 e. The monoisotopic (exact) mass is 445 g/mol. The number of nitrogens with one attached hydrogen (secondary N) is 1. The maximum atomic E-state index is 13.2. The lowest BCUT2D eigenvalue weighted by atomic mass is 9.77. The molecule has 2 saturated heterocycles. The molecule has 5 aliphatic rings. The van der Waals surface area contributed by atoms with Gasteiger partial charge in [-0.3, -0.25) is 19.4 Å². The maximum Gasteiger partial charge on any atom is 0.234 e. The third-order valence-electron chi connectivity index (χ3n) is 9.05. The lowest BCUT2D eigenvalue weighted by Crippen LogP contribution is -2.52. The van der Waals surface area contributed by atoms with E-state index in [0.29, 0.717) is 30.2 Å². The van der Waals surface area contributed by atoms with Crippen LogP contribution in [0.1, 0.15) is 65.2 Å². The second-order valence-corrected chi connectivity index (χ2v) is 12.1. The van der Waals surface area contributed by atoms with E-state index in [9.17, 15) is 9.59 Å². The number of ketones is 1. The van der Waals surface area contributed by atoms with Crippen LogP contribution < -0.4 is 5.32 Å². The summed E-state index contributed by atoms with van der Waals surface area (Å²) in [5, 5.41) is 3.45. The van der Waals surface area contributed by atoms with Gasteiger partial charge in [-0.2, -0.15) is 0 Å². The summed E-state index contributed by atoms with van der Waals surface area (Å²) in [5.41, 5.74) is 0.288. The number of hydrogen-bond donors (Lipinski definition) is 1. The Morgan fingerprint density at radius 1 is 1.03 bits per heavy atom. The molecule has 0 spiro atoms. The number of morpholine rings is 1. The van der Waals surface area contributed by atoms with E-state index in [1.807, 2.05) is 0 Å². The van der Waals surface area contributed by atoms with Crippen molar-refractivity contribution in [3.05, 3.63) is 0 Å². The lowest BCUT2D eigenvalue weighted by Gasteiger charge is -2.42. The standard InChI is InChI=1S/C26H43N3O3/c1-26(2)8-3-9-28(17-26)16-23(30)27-24-21-15-20(29-10-12-32-13-11-29)7-6-19(21)14-22(24)25(31)18-4-5-18/h18-22,24H,3-17H2,1-2H3,(H,27,30). The van der Waals surface area contributed by atoms with Crippen LogP contribution in [-0.4, -0.2) is 79.5 Å². The molecule has 32 heavy (non-hydrogen) atoms. The molecule has 0 bridgehead atoms. The fourth-order valence-corrected chi connectivity index (χ4v) is 7.31. The summed E-state index contributed by atoms with van der Waals surface area (Å²) in [7, 11) is 0. The van der Waals surface area contributed by atoms with E-state index in [0.717, 1.165) is 65.1 Å². The van der Waals surface area contributed by atoms with E-state index in [2.05, 4.69) is 29.0 Å². The van der Waals surface area contributed by atoms with Crippen LogP contribution in [0.15, 0.2) is 0 Å². The highest BCUT2D eigenvalue weighted by Crippen LogP contribution is 2.49. The Bertz CT molecular complexity index is 700. The molecule has 5 fully saturated rings. The minimum absolute atomic E-state index is 0.0437. The Kier molecular flexibility index (Phi) is 6.65. The van der Waals surface area contributed by atoms with Crippen LogP contribution in [0.25, 0.3) is 0 Å². The van der Waals surface area contributed by atoms with Crippen LogP contribution in [0.2, 0.25) is 0 Å². The molecule has 0 aromatic rings. The number of likely N-dealkylation sites (tertiary alicyclic amines) is 1. The molecule has 0 aromatic heterocycles. The molecule has 5 atom stereocenters. The molecule has 3 saturated carbocycles. The van der Waals surface area contributed by atoms with Crippen molar-refractivity contribution in [2.75, 3.05) is 45.9 Å². The largest absolute Gasteiger partial charge is 0.379 e. The molecule has 6 nitrogen and oxygen atoms in total. The zero-order chi connectivity index (χ0) is 22.3. The van der Waals surface area contributed by atoms with Crippen LogP contribution in [0.4, 0.5) is 0 Å². The van der Waals surface area contributed by atoms with Crippen molar-refractivity contribution in [3.63, 3.8) is 0 Å². The predicted molar refractivity (Wildman–Crippen MR) is 124 cm³/mol. The average molecular weight is 446 g/mol. The molecule has 6 heteroatoms. The van der Waals surface area contributed by atoms with Crippen LogP contribution in [-0.2, 0) is 14.3 Å². The van der Waals surface area contributed by atoms with E-state index in [-0.39, 0.29) is 29.2 Å². The fraction of sp³-hybridized carbons (Fsp3) is 0.923. The van der Waals surface area contributed by atoms with E-state index < -0.39 is 0 Å². The molecule has 0 aromatic carbocycles. The van der Waals surface area contributed by atoms with Crippen molar-refractivity contribution >= 4 is 11.7 Å². The van der Waals surface area contributed by atoms with Crippen LogP contribution in [0.3, 0.4) is 0 Å². The minimum Gasteiger partial charge on any atom is -0.379 e. The summed E-state index contributed by atoms with van der Waals surface area (Å²) in [5.74, 6) is 1.95. The number of rotatable bonds is 6. The SMILES string of the molecule is CC1(C)CCCN(CC(=O)NC2C(C(=O)C3CC3)CC3CCC(N4CCOCC4)CC32)C1. The molecule has 1 amide bonds. The van der Waals surface area contributed by atoms with E-state index in [1.54, 1.807) is 0 Å². The maximum absolute atomic E-state index is 13.2. The van der Waals surface area contributed by atoms with Gasteiger partial charge in [0.1, 0.15) is 5.78 Å². The average Bonchev–Trinajstić information content (AvgIpc) is 3.56. The molecule has 0 radical (unpaired) electrons. The third kappa shape index (κ3) is 5.07. The Hall–Kier alpha value is -0.980. The summed E-state index contributed by atoms with van der Waals surface area (Å²) in [6, 6.07) is 0.625. The highest BCUT2D eigenvalue weighted by Gasteiger charge is 2.52. The zero-order valence-corrected chi connectivity index (χ0v) is 20.2. The second-order valence-electron chi connectivity index (χ2n) is 12.1. The van der Waals surface area contributed by atoms with Crippen LogP contribution in [0.5, 0.6) is 0 Å². The molecule has 2 heterocycles. The summed E-state index contributed by atoms with van der Waals surface area (Å²) < 4.78 is 5.57. The number of nitrogens with zero attached hydrogens (tertiary/aromatic N) is 2. The lowest BCUT2D eigenvalue weighted by molar-refractivity contribution is -0.127. The van der Waals surface area contributed by atoms with Crippen molar-refractivity contribution in [1.82, 2.24) is 15.1 Å². The van der Waals surface area contributed by atoms with E-state index in [1.165, 1.54) is 25.7 Å². The van der Waals surface area contributed by atoms with Crippen molar-refractivity contribution in [3.8, 4) is 0 Å². The van der Waals surface area contributed by atoms with Crippen LogP contribution >= 0.6 is 0 Å². The van der Waals surface area contributed by atoms with E-state index >= 15 is 0 Å². The first-order valence-electron chi connectivity index (χ1n) is 13.3.